The van der Waals surface area contributed by atoms with E-state index in [1.165, 1.54) is 70.6 Å². The number of nitrogens with one attached hydrogen (secondary N) is 2. The maximum absolute atomic E-state index is 10.0. The zero-order valence-electron chi connectivity index (χ0n) is 18.8. The second-order valence-electron chi connectivity index (χ2n) is 8.34. The first kappa shape index (κ1) is 27.8. The van der Waals surface area contributed by atoms with E-state index in [0.29, 0.717) is 19.6 Å². The Hall–Kier alpha value is -0.200. The molecule has 28 heavy (non-hydrogen) atoms. The predicted octanol–water partition coefficient (Wildman–Crippen LogP) is 3.72. The third-order valence-electron chi connectivity index (χ3n) is 5.34. The first-order valence-electron chi connectivity index (χ1n) is 12.2. The molecular weight excluding hydrogens is 350 g/mol. The highest BCUT2D eigenvalue weighted by Crippen LogP contribution is 2.11. The summed E-state index contributed by atoms with van der Waals surface area (Å²) in [4.78, 5) is 0. The van der Waals surface area contributed by atoms with Crippen molar-refractivity contribution in [2.24, 2.45) is 5.73 Å². The second-order valence-corrected chi connectivity index (χ2v) is 8.34. The maximum atomic E-state index is 10.0. The molecule has 170 valence electrons. The molecule has 5 heteroatoms. The third kappa shape index (κ3) is 22.1. The van der Waals surface area contributed by atoms with Gasteiger partial charge in [-0.2, -0.15) is 0 Å². The quantitative estimate of drug-likeness (QED) is 0.168. The van der Waals surface area contributed by atoms with Crippen LogP contribution in [0.1, 0.15) is 103 Å². The van der Waals surface area contributed by atoms with Crippen LogP contribution >= 0.6 is 0 Å². The molecule has 0 aliphatic carbocycles. The molecule has 6 N–H and O–H groups in total. The van der Waals surface area contributed by atoms with Crippen molar-refractivity contribution in [3.8, 4) is 0 Å². The van der Waals surface area contributed by atoms with Gasteiger partial charge in [0.15, 0.2) is 0 Å². The van der Waals surface area contributed by atoms with Gasteiger partial charge in [-0.3, -0.25) is 0 Å². The highest BCUT2D eigenvalue weighted by molar-refractivity contribution is 4.66. The van der Waals surface area contributed by atoms with Crippen LogP contribution in [0.25, 0.3) is 0 Å². The minimum atomic E-state index is -0.395. The van der Waals surface area contributed by atoms with Crippen LogP contribution < -0.4 is 16.4 Å². The van der Waals surface area contributed by atoms with Gasteiger partial charge in [-0.25, -0.2) is 0 Å². The van der Waals surface area contributed by atoms with Crippen molar-refractivity contribution in [2.75, 3.05) is 32.7 Å². The first-order valence-corrected chi connectivity index (χ1v) is 12.2. The molecule has 0 heterocycles. The smallest absolute Gasteiger partial charge is 0.0788 e. The Labute approximate surface area is 175 Å². The normalized spacial score (nSPS) is 13.7. The van der Waals surface area contributed by atoms with Crippen LogP contribution in [-0.4, -0.2) is 55.1 Å². The van der Waals surface area contributed by atoms with Crippen LogP contribution in [0.3, 0.4) is 0 Å². The number of unbranched alkanes of at least 4 members (excludes halogenated alkanes) is 12. The minimum absolute atomic E-state index is 0.295. The summed E-state index contributed by atoms with van der Waals surface area (Å²) < 4.78 is 0. The van der Waals surface area contributed by atoms with Gasteiger partial charge in [-0.05, 0) is 32.4 Å². The fourth-order valence-electron chi connectivity index (χ4n) is 3.47. The summed E-state index contributed by atoms with van der Waals surface area (Å²) in [6.45, 7) is 5.71. The summed E-state index contributed by atoms with van der Waals surface area (Å²) in [5.41, 5.74) is 5.47. The van der Waals surface area contributed by atoms with E-state index in [1.807, 2.05) is 0 Å². The van der Waals surface area contributed by atoms with E-state index in [1.54, 1.807) is 0 Å². The van der Waals surface area contributed by atoms with Crippen LogP contribution in [0, 0.1) is 0 Å². The van der Waals surface area contributed by atoms with Crippen molar-refractivity contribution >= 4 is 0 Å². The second kappa shape index (κ2) is 23.1. The molecule has 0 amide bonds. The molecule has 0 fully saturated rings. The van der Waals surface area contributed by atoms with Gasteiger partial charge in [0, 0.05) is 19.6 Å². The van der Waals surface area contributed by atoms with Crippen molar-refractivity contribution < 1.29 is 10.2 Å². The Bertz CT molecular complexity index is 293. The van der Waals surface area contributed by atoms with Crippen molar-refractivity contribution in [3.05, 3.63) is 0 Å². The van der Waals surface area contributed by atoms with Gasteiger partial charge in [0.05, 0.1) is 12.2 Å². The Morgan fingerprint density at radius 2 is 1.11 bits per heavy atom. The van der Waals surface area contributed by atoms with E-state index in [0.717, 1.165) is 38.8 Å². The van der Waals surface area contributed by atoms with Crippen LogP contribution in [0.15, 0.2) is 0 Å². The van der Waals surface area contributed by atoms with Crippen LogP contribution in [-0.2, 0) is 0 Å². The SMILES string of the molecule is CCCCCCCCCCCCC(O)CNCC(O)CNCCCCCCN. The standard InChI is InChI=1S/C23H51N3O2/c1-2-3-4-5-6-7-8-9-10-13-16-22(27)19-26-21-23(28)20-25-18-15-12-11-14-17-24/h22-23,25-28H,2-21,24H2,1H3. The summed E-state index contributed by atoms with van der Waals surface area (Å²) >= 11 is 0. The van der Waals surface area contributed by atoms with E-state index >= 15 is 0 Å². The molecule has 0 radical (unpaired) electrons. The molecule has 0 aliphatic heterocycles. The number of aliphatic hydroxyl groups is 2. The largest absolute Gasteiger partial charge is 0.392 e. The van der Waals surface area contributed by atoms with Gasteiger partial charge < -0.3 is 26.6 Å². The Balaban J connectivity index is 3.28. The lowest BCUT2D eigenvalue weighted by atomic mass is 10.0. The molecular formula is C23H51N3O2. The number of nitrogens with two attached hydrogens (primary N) is 1. The fourth-order valence-corrected chi connectivity index (χ4v) is 3.47. The number of hydrogen-bond acceptors (Lipinski definition) is 5. The molecule has 5 nitrogen and oxygen atoms in total. The van der Waals surface area contributed by atoms with Crippen molar-refractivity contribution in [1.82, 2.24) is 10.6 Å². The first-order chi connectivity index (χ1) is 13.7. The van der Waals surface area contributed by atoms with E-state index in [2.05, 4.69) is 17.6 Å². The highest BCUT2D eigenvalue weighted by Gasteiger charge is 2.07. The number of rotatable bonds is 23. The van der Waals surface area contributed by atoms with Crippen LogP contribution in [0.5, 0.6) is 0 Å². The summed E-state index contributed by atoms with van der Waals surface area (Å²) in [6.07, 6.45) is 18.0. The molecule has 0 saturated carbocycles. The maximum Gasteiger partial charge on any atom is 0.0788 e. The summed E-state index contributed by atoms with van der Waals surface area (Å²) in [7, 11) is 0. The van der Waals surface area contributed by atoms with Crippen molar-refractivity contribution in [1.29, 1.82) is 0 Å². The summed E-state index contributed by atoms with van der Waals surface area (Å²) in [6, 6.07) is 0. The average Bonchev–Trinajstić information content (AvgIpc) is 2.68. The average molecular weight is 402 g/mol. The zero-order chi connectivity index (χ0) is 20.7. The number of hydrogen-bond donors (Lipinski definition) is 5. The molecule has 0 aromatic rings. The zero-order valence-corrected chi connectivity index (χ0v) is 18.8. The molecule has 0 spiro atoms. The van der Waals surface area contributed by atoms with E-state index in [9.17, 15) is 10.2 Å². The Morgan fingerprint density at radius 3 is 1.75 bits per heavy atom. The molecule has 0 aliphatic rings. The van der Waals surface area contributed by atoms with Crippen molar-refractivity contribution in [2.45, 2.75) is 115 Å². The monoisotopic (exact) mass is 401 g/mol. The Kier molecular flexibility index (Phi) is 22.9. The molecule has 0 aromatic carbocycles. The molecule has 2 atom stereocenters. The third-order valence-corrected chi connectivity index (χ3v) is 5.34. The summed E-state index contributed by atoms with van der Waals surface area (Å²) in [5.74, 6) is 0. The van der Waals surface area contributed by atoms with E-state index < -0.39 is 6.10 Å². The van der Waals surface area contributed by atoms with E-state index in [-0.39, 0.29) is 6.10 Å². The molecule has 0 rings (SSSR count). The lowest BCUT2D eigenvalue weighted by molar-refractivity contribution is 0.137. The van der Waals surface area contributed by atoms with Gasteiger partial charge in [0.25, 0.3) is 0 Å². The van der Waals surface area contributed by atoms with Gasteiger partial charge in [0.1, 0.15) is 0 Å². The van der Waals surface area contributed by atoms with Gasteiger partial charge in [-0.15, -0.1) is 0 Å². The van der Waals surface area contributed by atoms with Gasteiger partial charge in [-0.1, -0.05) is 84.0 Å². The lowest BCUT2D eigenvalue weighted by Gasteiger charge is -2.15. The molecule has 2 unspecified atom stereocenters. The molecule has 0 bridgehead atoms. The topological polar surface area (TPSA) is 90.5 Å². The minimum Gasteiger partial charge on any atom is -0.392 e. The Morgan fingerprint density at radius 1 is 0.607 bits per heavy atom. The fraction of sp³-hybridized carbons (Fsp3) is 1.00. The predicted molar refractivity (Wildman–Crippen MR) is 122 cm³/mol. The van der Waals surface area contributed by atoms with Crippen LogP contribution in [0.2, 0.25) is 0 Å². The van der Waals surface area contributed by atoms with Gasteiger partial charge in [0.2, 0.25) is 0 Å². The van der Waals surface area contributed by atoms with Crippen LogP contribution in [0.4, 0.5) is 0 Å². The van der Waals surface area contributed by atoms with E-state index in [4.69, 9.17) is 5.73 Å². The lowest BCUT2D eigenvalue weighted by Crippen LogP contribution is -2.38. The summed E-state index contributed by atoms with van der Waals surface area (Å²) in [5, 5.41) is 26.5. The number of aliphatic hydroxyl groups excluding tert-OH is 2. The molecule has 0 aromatic heterocycles. The molecule has 0 saturated heterocycles. The van der Waals surface area contributed by atoms with Crippen molar-refractivity contribution in [3.63, 3.8) is 0 Å². The highest BCUT2D eigenvalue weighted by atomic mass is 16.3. The van der Waals surface area contributed by atoms with Gasteiger partial charge >= 0.3 is 0 Å².